The minimum atomic E-state index is -0.318. The van der Waals surface area contributed by atoms with Gasteiger partial charge in [0.1, 0.15) is 5.82 Å². The van der Waals surface area contributed by atoms with Gasteiger partial charge in [-0.1, -0.05) is 30.3 Å². The van der Waals surface area contributed by atoms with E-state index in [-0.39, 0.29) is 18.1 Å². The molecule has 2 amide bonds. The number of amides is 2. The van der Waals surface area contributed by atoms with Crippen LogP contribution in [0.4, 0.5) is 16.4 Å². The molecule has 8 heteroatoms. The minimum absolute atomic E-state index is 0.0891. The molecule has 2 atom stereocenters. The first kappa shape index (κ1) is 18.0. The van der Waals surface area contributed by atoms with Crippen LogP contribution in [0.25, 0.3) is 10.9 Å². The Balaban J connectivity index is 1.66. The lowest BCUT2D eigenvalue weighted by Gasteiger charge is -2.14. The van der Waals surface area contributed by atoms with E-state index >= 15 is 0 Å². The van der Waals surface area contributed by atoms with E-state index in [4.69, 9.17) is 11.6 Å². The summed E-state index contributed by atoms with van der Waals surface area (Å²) in [6.45, 7) is 3.89. The average Bonchev–Trinajstić information content (AvgIpc) is 3.04. The fourth-order valence-electron chi connectivity index (χ4n) is 2.54. The fraction of sp³-hybridized carbons (Fsp3) is 0.278. The predicted octanol–water partition coefficient (Wildman–Crippen LogP) is 3.88. The van der Waals surface area contributed by atoms with Crippen LogP contribution in [0, 0.1) is 0 Å². The Bertz CT molecular complexity index is 882. The Labute approximate surface area is 156 Å². The van der Waals surface area contributed by atoms with Gasteiger partial charge in [0, 0.05) is 24.2 Å². The molecule has 0 fully saturated rings. The summed E-state index contributed by atoms with van der Waals surface area (Å²) in [6, 6.07) is 11.2. The number of H-pyrrole nitrogens is 1. The lowest BCUT2D eigenvalue weighted by atomic mass is 10.1. The number of hydrogen-bond acceptors (Lipinski definition) is 4. The number of carbonyl (C=O) groups is 1. The number of halogens is 1. The molecular weight excluding hydrogens is 352 g/mol. The molecule has 136 valence electrons. The zero-order chi connectivity index (χ0) is 18.5. The van der Waals surface area contributed by atoms with E-state index in [9.17, 15) is 4.79 Å². The molecule has 0 aliphatic carbocycles. The van der Waals surface area contributed by atoms with E-state index < -0.39 is 0 Å². The number of rotatable bonds is 6. The van der Waals surface area contributed by atoms with Gasteiger partial charge in [0.05, 0.1) is 16.9 Å². The number of benzene rings is 1. The molecule has 0 aliphatic rings. The van der Waals surface area contributed by atoms with Crippen LogP contribution in [0.15, 0.2) is 42.6 Å². The number of anilines is 2. The molecule has 3 rings (SSSR count). The van der Waals surface area contributed by atoms with Crippen molar-refractivity contribution in [2.24, 2.45) is 0 Å². The molecule has 1 aromatic carbocycles. The van der Waals surface area contributed by atoms with Crippen molar-refractivity contribution < 1.29 is 4.79 Å². The zero-order valence-electron chi connectivity index (χ0n) is 14.6. The van der Waals surface area contributed by atoms with Crippen LogP contribution in [0.5, 0.6) is 0 Å². The first-order chi connectivity index (χ1) is 12.6. The molecule has 26 heavy (non-hydrogen) atoms. The van der Waals surface area contributed by atoms with E-state index in [0.717, 1.165) is 16.5 Å². The van der Waals surface area contributed by atoms with Crippen LogP contribution >= 0.6 is 11.6 Å². The Morgan fingerprint density at radius 2 is 2.04 bits per heavy atom. The van der Waals surface area contributed by atoms with Crippen LogP contribution in [0.2, 0.25) is 0 Å². The monoisotopic (exact) mass is 372 g/mol. The second-order valence-corrected chi connectivity index (χ2v) is 6.43. The predicted molar refractivity (Wildman–Crippen MR) is 105 cm³/mol. The Morgan fingerprint density at radius 1 is 1.27 bits per heavy atom. The number of aromatic amines is 1. The summed E-state index contributed by atoms with van der Waals surface area (Å²) in [5, 5.41) is 16.8. The van der Waals surface area contributed by atoms with Crippen molar-refractivity contribution >= 4 is 40.2 Å². The summed E-state index contributed by atoms with van der Waals surface area (Å²) < 4.78 is 0. The number of nitrogens with zero attached hydrogens (tertiary/aromatic N) is 2. The van der Waals surface area contributed by atoms with Crippen molar-refractivity contribution in [3.05, 3.63) is 48.2 Å². The summed E-state index contributed by atoms with van der Waals surface area (Å²) in [5.74, 6) is 1.60. The highest BCUT2D eigenvalue weighted by molar-refractivity contribution is 6.18. The number of fused-ring (bicyclic) bond motifs is 1. The van der Waals surface area contributed by atoms with E-state index in [1.165, 1.54) is 0 Å². The number of alkyl halides is 1. The highest BCUT2D eigenvalue weighted by atomic mass is 35.5. The van der Waals surface area contributed by atoms with E-state index in [1.807, 2.05) is 44.2 Å². The number of pyridine rings is 1. The third-order valence-corrected chi connectivity index (χ3v) is 4.41. The van der Waals surface area contributed by atoms with E-state index in [1.54, 1.807) is 12.3 Å². The highest BCUT2D eigenvalue weighted by Gasteiger charge is 2.12. The molecule has 3 aromatic rings. The van der Waals surface area contributed by atoms with Gasteiger partial charge < -0.3 is 10.6 Å². The first-order valence-corrected chi connectivity index (χ1v) is 8.89. The Hall–Kier alpha value is -2.80. The Kier molecular flexibility index (Phi) is 5.58. The normalized spacial score (nSPS) is 13.2. The third kappa shape index (κ3) is 4.23. The smallest absolute Gasteiger partial charge is 0.320 e. The molecule has 0 bridgehead atoms. The maximum absolute atomic E-state index is 12.2. The first-order valence-electron chi connectivity index (χ1n) is 8.36. The van der Waals surface area contributed by atoms with E-state index in [2.05, 4.69) is 31.1 Å². The zero-order valence-corrected chi connectivity index (χ0v) is 15.3. The molecule has 0 radical (unpaired) electrons. The van der Waals surface area contributed by atoms with Gasteiger partial charge in [-0.3, -0.25) is 10.4 Å². The van der Waals surface area contributed by atoms with Gasteiger partial charge in [-0.05, 0) is 19.4 Å². The number of carbonyl (C=O) groups excluding carboxylic acids is 1. The molecular formula is C18H21ClN6O. The second-order valence-electron chi connectivity index (χ2n) is 6.12. The largest absolute Gasteiger partial charge is 0.364 e. The molecule has 0 aliphatic heterocycles. The second kappa shape index (κ2) is 8.05. The van der Waals surface area contributed by atoms with Gasteiger partial charge in [-0.25, -0.2) is 9.78 Å². The number of nitrogens with one attached hydrogen (secondary N) is 4. The van der Waals surface area contributed by atoms with Crippen molar-refractivity contribution in [2.75, 3.05) is 16.5 Å². The maximum atomic E-state index is 12.2. The summed E-state index contributed by atoms with van der Waals surface area (Å²) >= 11 is 5.82. The van der Waals surface area contributed by atoms with Crippen molar-refractivity contribution in [3.8, 4) is 0 Å². The summed E-state index contributed by atoms with van der Waals surface area (Å²) in [7, 11) is 0. The lowest BCUT2D eigenvalue weighted by Crippen LogP contribution is -2.31. The molecule has 0 saturated heterocycles. The molecule has 0 spiro atoms. The van der Waals surface area contributed by atoms with Gasteiger partial charge >= 0.3 is 6.03 Å². The summed E-state index contributed by atoms with van der Waals surface area (Å²) in [5.41, 5.74) is 1.81. The average molecular weight is 373 g/mol. The number of hydrogen-bond donors (Lipinski definition) is 4. The fourth-order valence-corrected chi connectivity index (χ4v) is 2.61. The maximum Gasteiger partial charge on any atom is 0.320 e. The highest BCUT2D eigenvalue weighted by Crippen LogP contribution is 2.22. The van der Waals surface area contributed by atoms with Crippen LogP contribution in [0.1, 0.15) is 25.5 Å². The number of aromatic nitrogens is 3. The molecule has 2 aromatic heterocycles. The van der Waals surface area contributed by atoms with Gasteiger partial charge in [-0.15, -0.1) is 11.6 Å². The minimum Gasteiger partial charge on any atom is -0.364 e. The summed E-state index contributed by atoms with van der Waals surface area (Å²) in [4.78, 5) is 16.5. The molecule has 7 nitrogen and oxygen atoms in total. The van der Waals surface area contributed by atoms with Crippen LogP contribution in [0.3, 0.4) is 0 Å². The molecule has 1 unspecified atom stereocenters. The van der Waals surface area contributed by atoms with Crippen molar-refractivity contribution in [2.45, 2.75) is 25.9 Å². The standard InChI is InChI=1S/C18H21ClN6O/c1-11(9-19)21-17-14-10-20-16(8-15(14)24-25-17)23-18(26)22-12(2)13-6-4-3-5-7-13/h3-8,10-12H,9H2,1-2H3,(H2,21,24,25)(H2,20,22,23,26)/t11?,12-/m1/s1. The topological polar surface area (TPSA) is 94.7 Å². The van der Waals surface area contributed by atoms with Gasteiger partial charge in [0.15, 0.2) is 5.82 Å². The van der Waals surface area contributed by atoms with E-state index in [0.29, 0.717) is 17.5 Å². The molecule has 0 saturated carbocycles. The molecule has 4 N–H and O–H groups in total. The number of urea groups is 1. The summed E-state index contributed by atoms with van der Waals surface area (Å²) in [6.07, 6.45) is 1.67. The lowest BCUT2D eigenvalue weighted by molar-refractivity contribution is 0.249. The molecule has 2 heterocycles. The van der Waals surface area contributed by atoms with Crippen molar-refractivity contribution in [1.29, 1.82) is 0 Å². The quantitative estimate of drug-likeness (QED) is 0.494. The Morgan fingerprint density at radius 3 is 2.77 bits per heavy atom. The van der Waals surface area contributed by atoms with Gasteiger partial charge in [-0.2, -0.15) is 5.10 Å². The van der Waals surface area contributed by atoms with Crippen LogP contribution < -0.4 is 16.0 Å². The third-order valence-electron chi connectivity index (χ3n) is 3.95. The SMILES string of the molecule is CC(CCl)Nc1n[nH]c2cc(NC(=O)N[C@H](C)c3ccccc3)ncc12. The van der Waals surface area contributed by atoms with Crippen LogP contribution in [-0.4, -0.2) is 33.1 Å². The van der Waals surface area contributed by atoms with Crippen molar-refractivity contribution in [3.63, 3.8) is 0 Å². The van der Waals surface area contributed by atoms with Gasteiger partial charge in [0.25, 0.3) is 0 Å². The van der Waals surface area contributed by atoms with Crippen LogP contribution in [-0.2, 0) is 0 Å². The van der Waals surface area contributed by atoms with Gasteiger partial charge in [0.2, 0.25) is 0 Å². The van der Waals surface area contributed by atoms with Crippen molar-refractivity contribution in [1.82, 2.24) is 20.5 Å².